The molecule has 2 aromatic carbocycles. The van der Waals surface area contributed by atoms with Gasteiger partial charge in [0.15, 0.2) is 11.5 Å². The third kappa shape index (κ3) is 2.91. The largest absolute Gasteiger partial charge is 0.340 e. The van der Waals surface area contributed by atoms with Gasteiger partial charge in [-0.2, -0.15) is 0 Å². The topological polar surface area (TPSA) is 111 Å². The molecule has 3 N–H and O–H groups in total. The van der Waals surface area contributed by atoms with E-state index in [1.807, 2.05) is 30.3 Å². The predicted octanol–water partition coefficient (Wildman–Crippen LogP) is 2.86. The quantitative estimate of drug-likeness (QED) is 0.355. The normalized spacial score (nSPS) is 15.4. The molecule has 0 saturated carbocycles. The number of fused-ring (bicyclic) bond motifs is 2. The molecular weight excluding hydrogens is 387 g/mol. The number of para-hydroxylation sites is 1. The lowest BCUT2D eigenvalue weighted by atomic mass is 10.0. The number of anilines is 2. The van der Waals surface area contributed by atoms with Crippen LogP contribution in [0.5, 0.6) is 0 Å². The number of hydrogen-bond donors (Lipinski definition) is 3. The molecule has 3 heterocycles. The maximum absolute atomic E-state index is 14.6. The molecule has 2 aromatic heterocycles. The van der Waals surface area contributed by atoms with Crippen LogP contribution in [0.4, 0.5) is 21.6 Å². The highest BCUT2D eigenvalue weighted by Gasteiger charge is 2.33. The molecule has 148 valence electrons. The van der Waals surface area contributed by atoms with E-state index in [0.717, 1.165) is 0 Å². The highest BCUT2D eigenvalue weighted by atomic mass is 19.1. The minimum atomic E-state index is -0.900. The summed E-state index contributed by atoms with van der Waals surface area (Å²) in [5.74, 6) is 0.264. The number of aromatic nitrogens is 4. The number of nitrogens with zero attached hydrogens (tertiary/aromatic N) is 5. The van der Waals surface area contributed by atoms with E-state index in [1.54, 1.807) is 17.0 Å². The van der Waals surface area contributed by atoms with Gasteiger partial charge in [-0.15, -0.1) is 0 Å². The number of benzene rings is 2. The van der Waals surface area contributed by atoms with Crippen LogP contribution in [0.2, 0.25) is 0 Å². The summed E-state index contributed by atoms with van der Waals surface area (Å²) in [4.78, 5) is 33.6. The van der Waals surface area contributed by atoms with Gasteiger partial charge in [0, 0.05) is 11.3 Å². The number of imidazole rings is 1. The van der Waals surface area contributed by atoms with E-state index in [-0.39, 0.29) is 5.56 Å². The molecule has 30 heavy (non-hydrogen) atoms. The van der Waals surface area contributed by atoms with E-state index in [2.05, 4.69) is 35.8 Å². The lowest BCUT2D eigenvalue weighted by Crippen LogP contribution is -2.48. The summed E-state index contributed by atoms with van der Waals surface area (Å²) in [5.41, 5.74) is 8.35. The number of aldehydes is 1. The Balaban J connectivity index is 1.58. The first-order valence-corrected chi connectivity index (χ1v) is 9.09. The molecule has 1 atom stereocenters. The van der Waals surface area contributed by atoms with Crippen LogP contribution < -0.4 is 15.8 Å². The third-order valence-electron chi connectivity index (χ3n) is 4.74. The standard InChI is InChI=1S/C20H15FN8O/c21-13-7-4-8-14-16(13)15(9-30)29(12-5-2-1-3-6-12)20(26-14)28-27-19-17-18(23-10-22-17)24-11-25-19/h1-11,15H,(H,26,28)(H2,22,23,24,25,27). The number of hydrogen-bond acceptors (Lipinski definition) is 8. The van der Waals surface area contributed by atoms with Crippen LogP contribution in [0.1, 0.15) is 11.6 Å². The van der Waals surface area contributed by atoms with Crippen molar-refractivity contribution in [2.24, 2.45) is 4.99 Å². The number of rotatable bonds is 4. The number of guanidine groups is 1. The zero-order chi connectivity index (χ0) is 20.5. The monoisotopic (exact) mass is 402 g/mol. The van der Waals surface area contributed by atoms with Gasteiger partial charge >= 0.3 is 0 Å². The fourth-order valence-electron chi connectivity index (χ4n) is 3.41. The van der Waals surface area contributed by atoms with Gasteiger partial charge in [-0.05, 0) is 24.3 Å². The number of carbonyl (C=O) groups is 1. The van der Waals surface area contributed by atoms with Gasteiger partial charge in [-0.25, -0.2) is 24.3 Å². The molecule has 1 aliphatic heterocycles. The minimum Gasteiger partial charge on any atom is -0.340 e. The Hall–Kier alpha value is -4.34. The van der Waals surface area contributed by atoms with Gasteiger partial charge in [0.2, 0.25) is 5.96 Å². The SMILES string of the molecule is O=CC1c2c(F)cccc2N=C(NNc2ncnc3nc[nH]c23)N1c1ccccc1. The fraction of sp³-hybridized carbons (Fsp3) is 0.0500. The van der Waals surface area contributed by atoms with Crippen LogP contribution in [0, 0.1) is 5.82 Å². The molecule has 0 spiro atoms. The number of H-pyrrole nitrogens is 1. The smallest absolute Gasteiger partial charge is 0.223 e. The Morgan fingerprint density at radius 1 is 1.03 bits per heavy atom. The van der Waals surface area contributed by atoms with Crippen LogP contribution in [0.3, 0.4) is 0 Å². The molecule has 1 unspecified atom stereocenters. The number of hydrazine groups is 1. The van der Waals surface area contributed by atoms with Crippen molar-refractivity contribution in [1.29, 1.82) is 0 Å². The van der Waals surface area contributed by atoms with E-state index in [4.69, 9.17) is 0 Å². The Labute approximate surface area is 169 Å². The number of aliphatic imine (C=N–C) groups is 1. The first-order chi connectivity index (χ1) is 14.8. The first-order valence-electron chi connectivity index (χ1n) is 9.09. The number of carbonyl (C=O) groups excluding carboxylic acids is 1. The first kappa shape index (κ1) is 17.7. The summed E-state index contributed by atoms with van der Waals surface area (Å²) in [5, 5.41) is 0. The van der Waals surface area contributed by atoms with Crippen LogP contribution in [-0.4, -0.2) is 32.2 Å². The summed E-state index contributed by atoms with van der Waals surface area (Å²) in [6.45, 7) is 0. The summed E-state index contributed by atoms with van der Waals surface area (Å²) in [7, 11) is 0. The van der Waals surface area contributed by atoms with Crippen molar-refractivity contribution in [2.75, 3.05) is 10.3 Å². The van der Waals surface area contributed by atoms with Crippen LogP contribution in [0.15, 0.2) is 66.2 Å². The van der Waals surface area contributed by atoms with Crippen molar-refractivity contribution in [3.8, 4) is 0 Å². The van der Waals surface area contributed by atoms with Crippen LogP contribution in [0.25, 0.3) is 11.2 Å². The second kappa shape index (κ2) is 7.24. The van der Waals surface area contributed by atoms with Gasteiger partial charge < -0.3 is 9.78 Å². The maximum atomic E-state index is 14.6. The van der Waals surface area contributed by atoms with Crippen molar-refractivity contribution < 1.29 is 9.18 Å². The van der Waals surface area contributed by atoms with E-state index in [9.17, 15) is 9.18 Å². The molecule has 0 aliphatic carbocycles. The molecule has 10 heteroatoms. The summed E-state index contributed by atoms with van der Waals surface area (Å²) in [6.07, 6.45) is 3.59. The molecule has 5 rings (SSSR count). The summed E-state index contributed by atoms with van der Waals surface area (Å²) in [6, 6.07) is 12.8. The second-order valence-electron chi connectivity index (χ2n) is 6.47. The third-order valence-corrected chi connectivity index (χ3v) is 4.74. The number of halogens is 1. The lowest BCUT2D eigenvalue weighted by Gasteiger charge is -2.35. The lowest BCUT2D eigenvalue weighted by molar-refractivity contribution is -0.109. The second-order valence-corrected chi connectivity index (χ2v) is 6.47. The highest BCUT2D eigenvalue weighted by molar-refractivity contribution is 6.04. The number of nitrogens with one attached hydrogen (secondary N) is 3. The zero-order valence-corrected chi connectivity index (χ0v) is 15.5. The van der Waals surface area contributed by atoms with Gasteiger partial charge in [0.25, 0.3) is 0 Å². The molecule has 4 aromatic rings. The Morgan fingerprint density at radius 3 is 2.73 bits per heavy atom. The van der Waals surface area contributed by atoms with E-state index in [0.29, 0.717) is 40.6 Å². The molecule has 0 bridgehead atoms. The van der Waals surface area contributed by atoms with Gasteiger partial charge in [-0.1, -0.05) is 24.3 Å². The van der Waals surface area contributed by atoms with Crippen molar-refractivity contribution in [3.63, 3.8) is 0 Å². The average molecular weight is 402 g/mol. The van der Waals surface area contributed by atoms with E-state index >= 15 is 0 Å². The van der Waals surface area contributed by atoms with Crippen molar-refractivity contribution >= 4 is 40.6 Å². The van der Waals surface area contributed by atoms with Crippen LogP contribution in [-0.2, 0) is 4.79 Å². The van der Waals surface area contributed by atoms with Crippen LogP contribution >= 0.6 is 0 Å². The van der Waals surface area contributed by atoms with Crippen molar-refractivity contribution in [3.05, 3.63) is 72.6 Å². The molecule has 0 fully saturated rings. The molecule has 0 amide bonds. The van der Waals surface area contributed by atoms with Crippen molar-refractivity contribution in [2.45, 2.75) is 6.04 Å². The van der Waals surface area contributed by atoms with Gasteiger partial charge in [0.05, 0.1) is 12.0 Å². The highest BCUT2D eigenvalue weighted by Crippen LogP contribution is 2.37. The summed E-state index contributed by atoms with van der Waals surface area (Å²) < 4.78 is 14.6. The summed E-state index contributed by atoms with van der Waals surface area (Å²) >= 11 is 0. The Kier molecular flexibility index (Phi) is 4.28. The molecule has 9 nitrogen and oxygen atoms in total. The van der Waals surface area contributed by atoms with Gasteiger partial charge in [0.1, 0.15) is 30.0 Å². The Morgan fingerprint density at radius 2 is 1.90 bits per heavy atom. The van der Waals surface area contributed by atoms with E-state index in [1.165, 1.54) is 18.7 Å². The average Bonchev–Trinajstić information content (AvgIpc) is 3.27. The maximum Gasteiger partial charge on any atom is 0.223 e. The number of aromatic amines is 1. The Bertz CT molecular complexity index is 1260. The fourth-order valence-corrected chi connectivity index (χ4v) is 3.41. The van der Waals surface area contributed by atoms with Gasteiger partial charge in [-0.3, -0.25) is 15.8 Å². The molecule has 0 radical (unpaired) electrons. The minimum absolute atomic E-state index is 0.222. The molecule has 0 saturated heterocycles. The molecular formula is C20H15FN8O. The van der Waals surface area contributed by atoms with E-state index < -0.39 is 11.9 Å². The predicted molar refractivity (Wildman–Crippen MR) is 110 cm³/mol. The molecule has 1 aliphatic rings. The van der Waals surface area contributed by atoms with Crippen molar-refractivity contribution in [1.82, 2.24) is 25.4 Å². The zero-order valence-electron chi connectivity index (χ0n) is 15.5.